The molecule has 1 aliphatic rings. The van der Waals surface area contributed by atoms with Crippen molar-refractivity contribution in [2.24, 2.45) is 4.99 Å². The average molecular weight is 392 g/mol. The molecule has 1 aliphatic heterocycles. The highest BCUT2D eigenvalue weighted by Crippen LogP contribution is 2.55. The first-order valence-electron chi connectivity index (χ1n) is 9.83. The van der Waals surface area contributed by atoms with Crippen LogP contribution in [0.25, 0.3) is 0 Å². The third-order valence-electron chi connectivity index (χ3n) is 5.41. The Hall–Kier alpha value is -3.10. The van der Waals surface area contributed by atoms with Crippen molar-refractivity contribution in [1.29, 1.82) is 0 Å². The molecule has 0 unspecified atom stereocenters. The van der Waals surface area contributed by atoms with E-state index in [2.05, 4.69) is 116 Å². The van der Waals surface area contributed by atoms with Gasteiger partial charge in [0.15, 0.2) is 0 Å². The normalized spacial score (nSPS) is 14.7. The monoisotopic (exact) mass is 391 g/mol. The number of fused-ring (bicyclic) bond motifs is 1. The van der Waals surface area contributed by atoms with Gasteiger partial charge in [-0.15, -0.1) is 0 Å². The molecule has 0 fully saturated rings. The summed E-state index contributed by atoms with van der Waals surface area (Å²) in [6, 6.07) is 38.8. The average Bonchev–Trinajstić information content (AvgIpc) is 2.80. The molecule has 0 radical (unpaired) electrons. The summed E-state index contributed by atoms with van der Waals surface area (Å²) in [6.07, 6.45) is 0. The Bertz CT molecular complexity index is 1120. The zero-order valence-corrected chi connectivity index (χ0v) is 17.1. The fourth-order valence-corrected chi connectivity index (χ4v) is 5.44. The van der Waals surface area contributed by atoms with Crippen LogP contribution in [0, 0.1) is 6.92 Å². The molecule has 4 aromatic carbocycles. The van der Waals surface area contributed by atoms with Gasteiger partial charge in [0.25, 0.3) is 0 Å². The lowest BCUT2D eigenvalue weighted by Gasteiger charge is -2.38. The smallest absolute Gasteiger partial charge is 0.105 e. The lowest BCUT2D eigenvalue weighted by atomic mass is 9.83. The van der Waals surface area contributed by atoms with Crippen molar-refractivity contribution < 1.29 is 0 Å². The van der Waals surface area contributed by atoms with Gasteiger partial charge in [-0.05, 0) is 24.1 Å². The van der Waals surface area contributed by atoms with E-state index < -0.39 is 0 Å². The van der Waals surface area contributed by atoms with E-state index in [0.29, 0.717) is 0 Å². The molecule has 0 amide bonds. The Kier molecular flexibility index (Phi) is 4.57. The van der Waals surface area contributed by atoms with Crippen molar-refractivity contribution >= 4 is 22.5 Å². The number of rotatable bonds is 3. The number of benzene rings is 4. The van der Waals surface area contributed by atoms with Gasteiger partial charge in [-0.1, -0.05) is 120 Å². The lowest BCUT2D eigenvalue weighted by Crippen LogP contribution is -2.29. The molecule has 0 saturated carbocycles. The van der Waals surface area contributed by atoms with Crippen molar-refractivity contribution in [3.63, 3.8) is 0 Å². The number of para-hydroxylation sites is 1. The summed E-state index contributed by atoms with van der Waals surface area (Å²) in [5.74, 6) is 0. The van der Waals surface area contributed by atoms with Crippen LogP contribution in [-0.2, 0) is 4.75 Å². The summed E-state index contributed by atoms with van der Waals surface area (Å²) in [6.45, 7) is 2.12. The fourth-order valence-electron chi connectivity index (χ4n) is 3.96. The van der Waals surface area contributed by atoms with Gasteiger partial charge >= 0.3 is 0 Å². The van der Waals surface area contributed by atoms with Crippen molar-refractivity contribution in [3.05, 3.63) is 137 Å². The van der Waals surface area contributed by atoms with Crippen molar-refractivity contribution in [1.82, 2.24) is 0 Å². The second-order valence-electron chi connectivity index (χ2n) is 7.32. The SMILES string of the molecule is Cc1ccc(C2=Nc3ccccc3C(c3ccccc3)(c3ccccc3)S2)cc1. The third-order valence-corrected chi connectivity index (χ3v) is 6.93. The maximum atomic E-state index is 5.07. The topological polar surface area (TPSA) is 12.4 Å². The molecule has 4 aromatic rings. The minimum Gasteiger partial charge on any atom is -0.241 e. The van der Waals surface area contributed by atoms with E-state index in [1.54, 1.807) is 0 Å². The minimum absolute atomic E-state index is 0.346. The highest BCUT2D eigenvalue weighted by molar-refractivity contribution is 8.15. The van der Waals surface area contributed by atoms with Gasteiger partial charge in [0.05, 0.1) is 10.4 Å². The number of aryl methyl sites for hydroxylation is 1. The van der Waals surface area contributed by atoms with Gasteiger partial charge < -0.3 is 0 Å². The lowest BCUT2D eigenvalue weighted by molar-refractivity contribution is 0.897. The van der Waals surface area contributed by atoms with Crippen LogP contribution in [0.4, 0.5) is 5.69 Å². The molecule has 0 atom stereocenters. The number of hydrogen-bond donors (Lipinski definition) is 0. The molecule has 0 aliphatic carbocycles. The van der Waals surface area contributed by atoms with Crippen LogP contribution in [0.1, 0.15) is 27.8 Å². The van der Waals surface area contributed by atoms with E-state index in [1.165, 1.54) is 22.3 Å². The van der Waals surface area contributed by atoms with E-state index in [0.717, 1.165) is 16.3 Å². The zero-order valence-electron chi connectivity index (χ0n) is 16.2. The van der Waals surface area contributed by atoms with Crippen molar-refractivity contribution in [3.8, 4) is 0 Å². The Morgan fingerprint density at radius 1 is 0.621 bits per heavy atom. The van der Waals surface area contributed by atoms with Gasteiger partial charge in [-0.25, -0.2) is 4.99 Å². The second kappa shape index (κ2) is 7.38. The van der Waals surface area contributed by atoms with Crippen LogP contribution < -0.4 is 0 Å². The van der Waals surface area contributed by atoms with Gasteiger partial charge in [0.1, 0.15) is 5.04 Å². The van der Waals surface area contributed by atoms with Crippen LogP contribution in [-0.4, -0.2) is 5.04 Å². The fraction of sp³-hybridized carbons (Fsp3) is 0.0741. The Balaban J connectivity index is 1.80. The number of aliphatic imine (C=N–C) groups is 1. The van der Waals surface area contributed by atoms with Crippen LogP contribution in [0.5, 0.6) is 0 Å². The summed E-state index contributed by atoms with van der Waals surface area (Å²) in [5.41, 5.74) is 7.22. The molecule has 1 heterocycles. The van der Waals surface area contributed by atoms with E-state index in [9.17, 15) is 0 Å². The minimum atomic E-state index is -0.346. The van der Waals surface area contributed by atoms with Crippen LogP contribution in [0.3, 0.4) is 0 Å². The number of nitrogens with zero attached hydrogens (tertiary/aromatic N) is 1. The van der Waals surface area contributed by atoms with Gasteiger partial charge in [0, 0.05) is 11.1 Å². The Morgan fingerprint density at radius 2 is 1.17 bits per heavy atom. The maximum absolute atomic E-state index is 5.07. The largest absolute Gasteiger partial charge is 0.241 e. The van der Waals surface area contributed by atoms with Crippen LogP contribution in [0.2, 0.25) is 0 Å². The highest BCUT2D eigenvalue weighted by atomic mass is 32.2. The summed E-state index contributed by atoms with van der Waals surface area (Å²) in [7, 11) is 0. The predicted octanol–water partition coefficient (Wildman–Crippen LogP) is 7.11. The predicted molar refractivity (Wildman–Crippen MR) is 124 cm³/mol. The van der Waals surface area contributed by atoms with Gasteiger partial charge in [-0.3, -0.25) is 0 Å². The van der Waals surface area contributed by atoms with Gasteiger partial charge in [0.2, 0.25) is 0 Å². The quantitative estimate of drug-likeness (QED) is 0.362. The molecule has 2 heteroatoms. The van der Waals surface area contributed by atoms with E-state index in [-0.39, 0.29) is 4.75 Å². The van der Waals surface area contributed by atoms with E-state index in [4.69, 9.17) is 4.99 Å². The number of thioether (sulfide) groups is 1. The highest BCUT2D eigenvalue weighted by Gasteiger charge is 2.42. The van der Waals surface area contributed by atoms with Crippen molar-refractivity contribution in [2.75, 3.05) is 0 Å². The molecule has 0 aromatic heterocycles. The zero-order chi connectivity index (χ0) is 19.7. The molecule has 0 saturated heterocycles. The number of hydrogen-bond acceptors (Lipinski definition) is 2. The first-order valence-corrected chi connectivity index (χ1v) is 10.6. The molecule has 0 bridgehead atoms. The Morgan fingerprint density at radius 3 is 1.79 bits per heavy atom. The molecule has 1 nitrogen and oxygen atoms in total. The first kappa shape index (κ1) is 18.0. The van der Waals surface area contributed by atoms with Crippen LogP contribution >= 0.6 is 11.8 Å². The molecular weight excluding hydrogens is 370 g/mol. The van der Waals surface area contributed by atoms with Crippen LogP contribution in [0.15, 0.2) is 114 Å². The summed E-state index contributed by atoms with van der Waals surface area (Å²) in [4.78, 5) is 5.07. The van der Waals surface area contributed by atoms with Crippen molar-refractivity contribution in [2.45, 2.75) is 11.7 Å². The summed E-state index contributed by atoms with van der Waals surface area (Å²) in [5, 5.41) is 1.05. The standard InChI is InChI=1S/C27H21NS/c1-20-16-18-21(19-17-20)26-28-25-15-9-8-14-24(25)27(29-26,22-10-4-2-5-11-22)23-12-6-3-7-13-23/h2-19H,1H3. The first-order chi connectivity index (χ1) is 14.3. The van der Waals surface area contributed by atoms with Gasteiger partial charge in [-0.2, -0.15) is 0 Å². The summed E-state index contributed by atoms with van der Waals surface area (Å²) < 4.78 is -0.346. The summed E-state index contributed by atoms with van der Waals surface area (Å²) >= 11 is 1.84. The third kappa shape index (κ3) is 3.10. The second-order valence-corrected chi connectivity index (χ2v) is 8.52. The maximum Gasteiger partial charge on any atom is 0.105 e. The molecule has 0 spiro atoms. The Labute approximate surface area is 176 Å². The van der Waals surface area contributed by atoms with E-state index >= 15 is 0 Å². The molecule has 0 N–H and O–H groups in total. The molecular formula is C27H21NS. The molecule has 140 valence electrons. The molecule has 5 rings (SSSR count). The molecule has 29 heavy (non-hydrogen) atoms. The van der Waals surface area contributed by atoms with E-state index in [1.807, 2.05) is 11.8 Å².